The van der Waals surface area contributed by atoms with Crippen LogP contribution < -0.4 is 10.9 Å². The number of thiophene rings is 2. The molecule has 8 heteroatoms. The van der Waals surface area contributed by atoms with Crippen molar-refractivity contribution in [2.75, 3.05) is 18.5 Å². The van der Waals surface area contributed by atoms with E-state index in [9.17, 15) is 9.59 Å². The van der Waals surface area contributed by atoms with Crippen molar-refractivity contribution >= 4 is 43.8 Å². The Labute approximate surface area is 222 Å². The molecule has 0 aromatic carbocycles. The first-order valence-electron chi connectivity index (χ1n) is 13.7. The van der Waals surface area contributed by atoms with E-state index in [1.807, 2.05) is 6.07 Å². The molecule has 1 amide bonds. The molecular weight excluding hydrogens is 488 g/mol. The molecule has 0 saturated heterocycles. The van der Waals surface area contributed by atoms with E-state index in [1.54, 1.807) is 38.5 Å². The summed E-state index contributed by atoms with van der Waals surface area (Å²) in [5, 5.41) is 5.11. The summed E-state index contributed by atoms with van der Waals surface area (Å²) in [6.07, 6.45) is 16.2. The van der Waals surface area contributed by atoms with Gasteiger partial charge in [0.15, 0.2) is 0 Å². The Kier molecular flexibility index (Phi) is 9.98. The standard InChI is InChI=1S/C28H40N4O2S2/c1-3-5-7-9-11-13-21-17-23-25(35-21)29-19-31(27(23)33)15-16-32-20-30-26-24(28(32)34)18-22(36-26)14-12-10-8-6-4-2/h17-19,30H,3-16,20H2,1-2H3. The van der Waals surface area contributed by atoms with E-state index < -0.39 is 0 Å². The number of anilines is 1. The Morgan fingerprint density at radius 3 is 2.22 bits per heavy atom. The van der Waals surface area contributed by atoms with Gasteiger partial charge in [0.05, 0.1) is 23.9 Å². The summed E-state index contributed by atoms with van der Waals surface area (Å²) >= 11 is 3.35. The van der Waals surface area contributed by atoms with Crippen LogP contribution in [0.1, 0.15) is 98.2 Å². The van der Waals surface area contributed by atoms with Gasteiger partial charge in [-0.3, -0.25) is 14.2 Å². The van der Waals surface area contributed by atoms with Gasteiger partial charge in [-0.25, -0.2) is 4.98 Å². The van der Waals surface area contributed by atoms with Crippen molar-refractivity contribution in [3.05, 3.63) is 44.1 Å². The third-order valence-corrected chi connectivity index (χ3v) is 9.22. The van der Waals surface area contributed by atoms with Crippen LogP contribution in [0.25, 0.3) is 10.2 Å². The van der Waals surface area contributed by atoms with Crippen LogP contribution in [0.15, 0.2) is 23.3 Å². The molecule has 196 valence electrons. The predicted octanol–water partition coefficient (Wildman–Crippen LogP) is 7.07. The lowest BCUT2D eigenvalue weighted by Gasteiger charge is -2.27. The number of aromatic nitrogens is 2. The van der Waals surface area contributed by atoms with Crippen LogP contribution in [0.5, 0.6) is 0 Å². The maximum atomic E-state index is 13.1. The lowest BCUT2D eigenvalue weighted by atomic mass is 10.1. The number of amides is 1. The highest BCUT2D eigenvalue weighted by Crippen LogP contribution is 2.33. The van der Waals surface area contributed by atoms with Crippen LogP contribution in [-0.2, 0) is 19.4 Å². The van der Waals surface area contributed by atoms with E-state index in [4.69, 9.17) is 0 Å². The maximum Gasteiger partial charge on any atom is 0.262 e. The topological polar surface area (TPSA) is 67.2 Å². The van der Waals surface area contributed by atoms with Crippen molar-refractivity contribution in [2.45, 2.75) is 97.4 Å². The molecule has 4 rings (SSSR count). The van der Waals surface area contributed by atoms with Crippen molar-refractivity contribution < 1.29 is 4.79 Å². The van der Waals surface area contributed by atoms with Gasteiger partial charge in [-0.2, -0.15) is 0 Å². The molecule has 1 aliphatic heterocycles. The van der Waals surface area contributed by atoms with E-state index in [1.165, 1.54) is 67.5 Å². The molecule has 0 unspecified atom stereocenters. The first-order valence-corrected chi connectivity index (χ1v) is 15.4. The highest BCUT2D eigenvalue weighted by molar-refractivity contribution is 7.18. The van der Waals surface area contributed by atoms with E-state index in [2.05, 4.69) is 30.2 Å². The van der Waals surface area contributed by atoms with Gasteiger partial charge in [0.25, 0.3) is 11.5 Å². The molecule has 1 aliphatic rings. The largest absolute Gasteiger partial charge is 0.359 e. The van der Waals surface area contributed by atoms with E-state index >= 15 is 0 Å². The number of fused-ring (bicyclic) bond motifs is 2. The number of hydrogen-bond acceptors (Lipinski definition) is 6. The fourth-order valence-corrected chi connectivity index (χ4v) is 6.88. The molecule has 3 aromatic rings. The highest BCUT2D eigenvalue weighted by Gasteiger charge is 2.26. The van der Waals surface area contributed by atoms with Crippen LogP contribution in [0.2, 0.25) is 0 Å². The van der Waals surface area contributed by atoms with Crippen molar-refractivity contribution in [3.63, 3.8) is 0 Å². The molecule has 4 heterocycles. The zero-order valence-corrected chi connectivity index (χ0v) is 23.4. The van der Waals surface area contributed by atoms with E-state index in [-0.39, 0.29) is 11.5 Å². The van der Waals surface area contributed by atoms with Gasteiger partial charge in [0, 0.05) is 22.8 Å². The zero-order valence-electron chi connectivity index (χ0n) is 21.8. The minimum atomic E-state index is -0.00696. The average Bonchev–Trinajstić information content (AvgIpc) is 3.49. The molecule has 3 aromatic heterocycles. The van der Waals surface area contributed by atoms with Gasteiger partial charge >= 0.3 is 0 Å². The van der Waals surface area contributed by atoms with Crippen molar-refractivity contribution in [1.82, 2.24) is 14.5 Å². The summed E-state index contributed by atoms with van der Waals surface area (Å²) in [5.41, 5.74) is 0.768. The molecular formula is C28H40N4O2S2. The van der Waals surface area contributed by atoms with Crippen molar-refractivity contribution in [2.24, 2.45) is 0 Å². The van der Waals surface area contributed by atoms with Crippen LogP contribution in [0.4, 0.5) is 5.00 Å². The molecule has 1 N–H and O–H groups in total. The maximum absolute atomic E-state index is 13.1. The number of unbranched alkanes of at least 4 members (excludes halogenated alkanes) is 8. The Morgan fingerprint density at radius 1 is 0.861 bits per heavy atom. The highest BCUT2D eigenvalue weighted by atomic mass is 32.1. The lowest BCUT2D eigenvalue weighted by molar-refractivity contribution is 0.0753. The molecule has 0 spiro atoms. The van der Waals surface area contributed by atoms with Crippen molar-refractivity contribution in [1.29, 1.82) is 0 Å². The third kappa shape index (κ3) is 6.76. The van der Waals surface area contributed by atoms with E-state index in [0.717, 1.165) is 34.7 Å². The van der Waals surface area contributed by atoms with Crippen LogP contribution in [-0.4, -0.2) is 33.6 Å². The molecule has 0 atom stereocenters. The fraction of sp³-hybridized carbons (Fsp3) is 0.607. The average molecular weight is 529 g/mol. The second-order valence-electron chi connectivity index (χ2n) is 9.86. The molecule has 0 bridgehead atoms. The summed E-state index contributed by atoms with van der Waals surface area (Å²) in [4.78, 5) is 35.9. The van der Waals surface area contributed by atoms with Gasteiger partial charge in [0.1, 0.15) is 9.83 Å². The Balaban J connectivity index is 1.32. The van der Waals surface area contributed by atoms with Crippen LogP contribution in [0, 0.1) is 0 Å². The number of nitrogens with one attached hydrogen (secondary N) is 1. The van der Waals surface area contributed by atoms with Gasteiger partial charge in [-0.1, -0.05) is 65.2 Å². The number of carbonyl (C=O) groups excluding carboxylic acids is 1. The van der Waals surface area contributed by atoms with Gasteiger partial charge in [0.2, 0.25) is 0 Å². The summed E-state index contributed by atoms with van der Waals surface area (Å²) in [7, 11) is 0. The Hall–Kier alpha value is -2.19. The van der Waals surface area contributed by atoms with Gasteiger partial charge in [-0.15, -0.1) is 22.7 Å². The molecule has 36 heavy (non-hydrogen) atoms. The monoisotopic (exact) mass is 528 g/mol. The Bertz CT molecular complexity index is 1200. The quantitative estimate of drug-likeness (QED) is 0.214. The van der Waals surface area contributed by atoms with Crippen LogP contribution >= 0.6 is 22.7 Å². The molecule has 0 fully saturated rings. The smallest absolute Gasteiger partial charge is 0.262 e. The molecule has 0 aliphatic carbocycles. The van der Waals surface area contributed by atoms with Gasteiger partial charge < -0.3 is 10.2 Å². The molecule has 0 radical (unpaired) electrons. The van der Waals surface area contributed by atoms with Crippen molar-refractivity contribution in [3.8, 4) is 0 Å². The molecule has 0 saturated carbocycles. The second-order valence-corrected chi connectivity index (χ2v) is 12.1. The normalized spacial score (nSPS) is 13.4. The minimum Gasteiger partial charge on any atom is -0.359 e. The summed E-state index contributed by atoms with van der Waals surface area (Å²) in [5.74, 6) is 0.0558. The summed E-state index contributed by atoms with van der Waals surface area (Å²) in [6, 6.07) is 4.09. The summed E-state index contributed by atoms with van der Waals surface area (Å²) in [6.45, 7) is 5.87. The second kappa shape index (κ2) is 13.4. The summed E-state index contributed by atoms with van der Waals surface area (Å²) < 4.78 is 1.65. The zero-order chi connectivity index (χ0) is 25.3. The Morgan fingerprint density at radius 2 is 1.53 bits per heavy atom. The first-order chi connectivity index (χ1) is 17.6. The lowest BCUT2D eigenvalue weighted by Crippen LogP contribution is -2.41. The number of nitrogens with zero attached hydrogens (tertiary/aromatic N) is 3. The number of carbonyl (C=O) groups is 1. The molecule has 6 nitrogen and oxygen atoms in total. The third-order valence-electron chi connectivity index (χ3n) is 6.96. The number of hydrogen-bond donors (Lipinski definition) is 1. The SMILES string of the molecule is CCCCCCCc1cc2c(s1)NCN(CCn1cnc3sc(CCCCCCC)cc3c1=O)C2=O. The van der Waals surface area contributed by atoms with Crippen LogP contribution in [0.3, 0.4) is 0 Å². The number of rotatable bonds is 15. The van der Waals surface area contributed by atoms with E-state index in [0.29, 0.717) is 25.1 Å². The first kappa shape index (κ1) is 26.9. The van der Waals surface area contributed by atoms with Gasteiger partial charge in [-0.05, 0) is 37.8 Å². The minimum absolute atomic E-state index is 0.00696. The predicted molar refractivity (Wildman–Crippen MR) is 153 cm³/mol. The fourth-order valence-electron chi connectivity index (χ4n) is 4.77. The number of aryl methyl sites for hydroxylation is 2.